The number of para-hydroxylation sites is 1. The van der Waals surface area contributed by atoms with Crippen LogP contribution < -0.4 is 16.2 Å². The minimum Gasteiger partial charge on any atom is -0.319 e. The molecule has 0 spiro atoms. The van der Waals surface area contributed by atoms with E-state index < -0.39 is 0 Å². The number of amides is 2. The normalized spacial score (nSPS) is 13.2. The molecule has 2 N–H and O–H groups in total. The average molecular weight is 458 g/mol. The Bertz CT molecular complexity index is 1160. The molecular weight excluding hydrogens is 434 g/mol. The fraction of sp³-hybridized carbons (Fsp3) is 0.333. The van der Waals surface area contributed by atoms with Gasteiger partial charge in [-0.15, -0.1) is 23.1 Å². The predicted molar refractivity (Wildman–Crippen MR) is 124 cm³/mol. The summed E-state index contributed by atoms with van der Waals surface area (Å²) in [5, 5.41) is 8.05. The van der Waals surface area contributed by atoms with Crippen LogP contribution in [0.15, 0.2) is 40.5 Å². The molecule has 0 aliphatic heterocycles. The van der Waals surface area contributed by atoms with Crippen LogP contribution in [0.1, 0.15) is 30.1 Å². The molecule has 2 heterocycles. The third-order valence-corrected chi connectivity index (χ3v) is 6.76. The second kappa shape index (κ2) is 9.11. The van der Waals surface area contributed by atoms with Gasteiger partial charge in [-0.3, -0.25) is 19.1 Å². The quantitative estimate of drug-likeness (QED) is 0.542. The molecule has 31 heavy (non-hydrogen) atoms. The first-order valence-electron chi connectivity index (χ1n) is 9.91. The van der Waals surface area contributed by atoms with E-state index in [1.807, 2.05) is 35.7 Å². The summed E-state index contributed by atoms with van der Waals surface area (Å²) in [7, 11) is 1.77. The fourth-order valence-electron chi connectivity index (χ4n) is 3.19. The Balaban J connectivity index is 1.30. The van der Waals surface area contributed by atoms with Gasteiger partial charge in [-0.05, 0) is 31.9 Å². The maximum Gasteiger partial charge on any atom is 0.295 e. The van der Waals surface area contributed by atoms with Crippen LogP contribution in [0.2, 0.25) is 0 Å². The number of hydrogen-bond acceptors (Lipinski definition) is 6. The lowest BCUT2D eigenvalue weighted by atomic mass is 10.3. The molecule has 8 nitrogen and oxygen atoms in total. The van der Waals surface area contributed by atoms with Crippen LogP contribution in [0, 0.1) is 6.92 Å². The van der Waals surface area contributed by atoms with Gasteiger partial charge in [0.2, 0.25) is 11.8 Å². The Morgan fingerprint density at radius 3 is 2.52 bits per heavy atom. The number of benzene rings is 1. The lowest BCUT2D eigenvalue weighted by molar-refractivity contribution is -0.114. The molecule has 4 rings (SSSR count). The van der Waals surface area contributed by atoms with Crippen molar-refractivity contribution in [1.82, 2.24) is 14.3 Å². The van der Waals surface area contributed by atoms with Crippen LogP contribution in [0.3, 0.4) is 0 Å². The SMILES string of the molecule is Cc1c(NC(=O)CSCC(=O)Nc2nc(C3CC3)cs2)c(=O)n(-c2ccccc2)n1C. The van der Waals surface area contributed by atoms with Crippen molar-refractivity contribution >= 4 is 45.7 Å². The molecule has 2 aromatic heterocycles. The van der Waals surface area contributed by atoms with Crippen LogP contribution in [0.4, 0.5) is 10.8 Å². The number of hydrogen-bond donors (Lipinski definition) is 2. The van der Waals surface area contributed by atoms with E-state index in [0.29, 0.717) is 16.7 Å². The molecule has 1 fully saturated rings. The Hall–Kier alpha value is -2.85. The number of thiazole rings is 1. The molecule has 2 amide bonds. The standard InChI is InChI=1S/C21H23N5O3S2/c1-13-19(20(29)26(25(13)2)15-6-4-3-5-7-15)23-17(27)11-30-12-18(28)24-21-22-16(10-31-21)14-8-9-14/h3-7,10,14H,8-9,11-12H2,1-2H3,(H,23,27)(H,22,24,28). The first-order valence-corrected chi connectivity index (χ1v) is 11.9. The second-order valence-electron chi connectivity index (χ2n) is 7.38. The minimum absolute atomic E-state index is 0.0672. The molecular formula is C21H23N5O3S2. The van der Waals surface area contributed by atoms with Crippen LogP contribution in [0.25, 0.3) is 5.69 Å². The van der Waals surface area contributed by atoms with E-state index in [1.165, 1.54) is 40.6 Å². The van der Waals surface area contributed by atoms with Crippen molar-refractivity contribution in [2.45, 2.75) is 25.7 Å². The van der Waals surface area contributed by atoms with Crippen LogP contribution in [-0.2, 0) is 16.6 Å². The summed E-state index contributed by atoms with van der Waals surface area (Å²) in [5.41, 5.74) is 2.37. The number of nitrogens with one attached hydrogen (secondary N) is 2. The molecule has 3 aromatic rings. The highest BCUT2D eigenvalue weighted by Crippen LogP contribution is 2.40. The summed E-state index contributed by atoms with van der Waals surface area (Å²) < 4.78 is 3.22. The van der Waals surface area contributed by atoms with E-state index in [2.05, 4.69) is 15.6 Å². The molecule has 1 aliphatic rings. The molecule has 0 radical (unpaired) electrons. The minimum atomic E-state index is -0.325. The lowest BCUT2D eigenvalue weighted by Gasteiger charge is -2.07. The predicted octanol–water partition coefficient (Wildman–Crippen LogP) is 3.13. The van der Waals surface area contributed by atoms with E-state index in [0.717, 1.165) is 11.4 Å². The molecule has 10 heteroatoms. The Labute approximate surface area is 187 Å². The van der Waals surface area contributed by atoms with Crippen molar-refractivity contribution in [1.29, 1.82) is 0 Å². The average Bonchev–Trinajstić information content (AvgIpc) is 3.47. The van der Waals surface area contributed by atoms with Crippen molar-refractivity contribution in [2.75, 3.05) is 22.1 Å². The molecule has 0 atom stereocenters. The highest BCUT2D eigenvalue weighted by molar-refractivity contribution is 8.00. The summed E-state index contributed by atoms with van der Waals surface area (Å²) >= 11 is 2.61. The number of thioether (sulfide) groups is 1. The van der Waals surface area contributed by atoms with Crippen molar-refractivity contribution in [3.05, 3.63) is 57.5 Å². The molecule has 0 unspecified atom stereocenters. The molecule has 1 aromatic carbocycles. The van der Waals surface area contributed by atoms with E-state index in [-0.39, 0.29) is 34.6 Å². The van der Waals surface area contributed by atoms with Gasteiger partial charge in [0.05, 0.1) is 28.6 Å². The topological polar surface area (TPSA) is 98.0 Å². The highest BCUT2D eigenvalue weighted by atomic mass is 32.2. The van der Waals surface area contributed by atoms with E-state index in [1.54, 1.807) is 18.7 Å². The number of anilines is 2. The zero-order chi connectivity index (χ0) is 22.0. The van der Waals surface area contributed by atoms with Gasteiger partial charge >= 0.3 is 0 Å². The zero-order valence-electron chi connectivity index (χ0n) is 17.3. The maximum absolute atomic E-state index is 12.8. The lowest BCUT2D eigenvalue weighted by Crippen LogP contribution is -2.24. The summed E-state index contributed by atoms with van der Waals surface area (Å²) in [6.07, 6.45) is 2.33. The third kappa shape index (κ3) is 4.91. The number of aromatic nitrogens is 3. The Kier molecular flexibility index (Phi) is 6.28. The van der Waals surface area contributed by atoms with Crippen molar-refractivity contribution in [2.24, 2.45) is 7.05 Å². The zero-order valence-corrected chi connectivity index (χ0v) is 18.9. The fourth-order valence-corrected chi connectivity index (χ4v) is 4.62. The molecule has 162 valence electrons. The van der Waals surface area contributed by atoms with Gasteiger partial charge < -0.3 is 10.6 Å². The first-order chi connectivity index (χ1) is 14.9. The van der Waals surface area contributed by atoms with Gasteiger partial charge in [-0.2, -0.15) is 0 Å². The number of rotatable bonds is 8. The summed E-state index contributed by atoms with van der Waals surface area (Å²) in [4.78, 5) is 41.7. The Morgan fingerprint density at radius 1 is 1.16 bits per heavy atom. The van der Waals surface area contributed by atoms with Gasteiger partial charge in [-0.1, -0.05) is 18.2 Å². The van der Waals surface area contributed by atoms with Crippen LogP contribution in [0.5, 0.6) is 0 Å². The van der Waals surface area contributed by atoms with Crippen molar-refractivity contribution in [3.8, 4) is 5.69 Å². The van der Waals surface area contributed by atoms with Gasteiger partial charge in [0.1, 0.15) is 5.69 Å². The van der Waals surface area contributed by atoms with E-state index in [9.17, 15) is 14.4 Å². The highest BCUT2D eigenvalue weighted by Gasteiger charge is 2.26. The smallest absolute Gasteiger partial charge is 0.295 e. The third-order valence-electron chi connectivity index (χ3n) is 5.05. The van der Waals surface area contributed by atoms with E-state index >= 15 is 0 Å². The number of carbonyl (C=O) groups excluding carboxylic acids is 2. The maximum atomic E-state index is 12.8. The largest absolute Gasteiger partial charge is 0.319 e. The second-order valence-corrected chi connectivity index (χ2v) is 9.22. The molecule has 0 bridgehead atoms. The van der Waals surface area contributed by atoms with E-state index in [4.69, 9.17) is 0 Å². The van der Waals surface area contributed by atoms with Gasteiger partial charge in [-0.25, -0.2) is 9.67 Å². The van der Waals surface area contributed by atoms with Gasteiger partial charge in [0, 0.05) is 18.3 Å². The van der Waals surface area contributed by atoms with Crippen molar-refractivity contribution < 1.29 is 9.59 Å². The van der Waals surface area contributed by atoms with Gasteiger partial charge in [0.15, 0.2) is 5.13 Å². The molecule has 1 saturated carbocycles. The van der Waals surface area contributed by atoms with Gasteiger partial charge in [0.25, 0.3) is 5.56 Å². The monoisotopic (exact) mass is 457 g/mol. The summed E-state index contributed by atoms with van der Waals surface area (Å²) in [6, 6.07) is 9.24. The first kappa shape index (κ1) is 21.4. The molecule has 0 saturated heterocycles. The molecule has 1 aliphatic carbocycles. The Morgan fingerprint density at radius 2 is 1.84 bits per heavy atom. The van der Waals surface area contributed by atoms with Crippen molar-refractivity contribution in [3.63, 3.8) is 0 Å². The van der Waals surface area contributed by atoms with Crippen LogP contribution >= 0.6 is 23.1 Å². The van der Waals surface area contributed by atoms with Crippen LogP contribution in [-0.4, -0.2) is 37.7 Å². The number of carbonyl (C=O) groups is 2. The summed E-state index contributed by atoms with van der Waals surface area (Å²) in [6.45, 7) is 1.78. The number of nitrogens with zero attached hydrogens (tertiary/aromatic N) is 3. The summed E-state index contributed by atoms with van der Waals surface area (Å²) in [5.74, 6) is 0.227.